The van der Waals surface area contributed by atoms with E-state index >= 15 is 0 Å². The number of esters is 1. The lowest BCUT2D eigenvalue weighted by atomic mass is 10.1. The summed E-state index contributed by atoms with van der Waals surface area (Å²) < 4.78 is 20.5. The van der Waals surface area contributed by atoms with Crippen molar-refractivity contribution in [2.45, 2.75) is 13.8 Å². The van der Waals surface area contributed by atoms with E-state index in [0.717, 1.165) is 16.7 Å². The fourth-order valence-electron chi connectivity index (χ4n) is 3.92. The normalized spacial score (nSPS) is 15.0. The van der Waals surface area contributed by atoms with Gasteiger partial charge in [0.25, 0.3) is 11.8 Å². The Kier molecular flexibility index (Phi) is 6.12. The Bertz CT molecular complexity index is 1390. The average Bonchev–Trinajstić information content (AvgIpc) is 3.08. The number of rotatable bonds is 4. The lowest BCUT2D eigenvalue weighted by molar-refractivity contribution is -0.122. The van der Waals surface area contributed by atoms with Gasteiger partial charge in [-0.3, -0.25) is 19.8 Å². The number of methoxy groups -OCH3 is 1. The first-order valence-corrected chi connectivity index (χ1v) is 10.7. The van der Waals surface area contributed by atoms with Gasteiger partial charge in [0.15, 0.2) is 5.11 Å². The summed E-state index contributed by atoms with van der Waals surface area (Å²) in [6, 6.07) is 14.2. The number of aryl methyl sites for hydroxylation is 1. The predicted molar refractivity (Wildman–Crippen MR) is 129 cm³/mol. The van der Waals surface area contributed by atoms with Gasteiger partial charge in [0.1, 0.15) is 11.4 Å². The Morgan fingerprint density at radius 1 is 1.09 bits per heavy atom. The van der Waals surface area contributed by atoms with Gasteiger partial charge in [-0.1, -0.05) is 18.2 Å². The number of nitrogens with one attached hydrogen (secondary N) is 1. The predicted octanol–water partition coefficient (Wildman–Crippen LogP) is 3.85. The number of para-hydroxylation sites is 1. The number of hydrogen-bond donors (Lipinski definition) is 1. The van der Waals surface area contributed by atoms with E-state index in [1.165, 1.54) is 31.4 Å². The molecule has 0 radical (unpaired) electrons. The highest BCUT2D eigenvalue weighted by Gasteiger charge is 2.35. The standard InChI is InChI=1S/C25H20FN3O4S/c1-14-11-16(15(2)28(14)21-10-5-4-9-19(21)24(32)33-3)12-20-22(30)27-25(34)29(23(20)31)18-8-6-7-17(26)13-18/h4-13H,1-3H3,(H,27,30,34)/b20-12+. The molecule has 1 saturated heterocycles. The van der Waals surface area contributed by atoms with Crippen LogP contribution in [0.4, 0.5) is 10.1 Å². The molecule has 1 aliphatic rings. The van der Waals surface area contributed by atoms with Crippen molar-refractivity contribution >= 4 is 46.9 Å². The molecule has 0 spiro atoms. The van der Waals surface area contributed by atoms with E-state index < -0.39 is 23.6 Å². The van der Waals surface area contributed by atoms with E-state index in [1.54, 1.807) is 30.3 Å². The van der Waals surface area contributed by atoms with Crippen molar-refractivity contribution in [2.24, 2.45) is 0 Å². The number of carbonyl (C=O) groups is 3. The highest BCUT2D eigenvalue weighted by atomic mass is 32.1. The van der Waals surface area contributed by atoms with Gasteiger partial charge in [-0.25, -0.2) is 9.18 Å². The lowest BCUT2D eigenvalue weighted by Gasteiger charge is -2.28. The molecular formula is C25H20FN3O4S. The summed E-state index contributed by atoms with van der Waals surface area (Å²) in [5, 5.41) is 2.36. The second kappa shape index (κ2) is 9.03. The minimum absolute atomic E-state index is 0.129. The molecule has 2 heterocycles. The van der Waals surface area contributed by atoms with Crippen molar-refractivity contribution in [1.29, 1.82) is 0 Å². The maximum absolute atomic E-state index is 13.8. The molecule has 9 heteroatoms. The SMILES string of the molecule is COC(=O)c1ccccc1-n1c(C)cc(/C=C2\C(=O)NC(=S)N(c3cccc(F)c3)C2=O)c1C. The first kappa shape index (κ1) is 23.1. The maximum Gasteiger partial charge on any atom is 0.339 e. The highest BCUT2D eigenvalue weighted by Crippen LogP contribution is 2.28. The smallest absolute Gasteiger partial charge is 0.339 e. The number of halogens is 1. The van der Waals surface area contributed by atoms with Crippen molar-refractivity contribution < 1.29 is 23.5 Å². The van der Waals surface area contributed by atoms with Crippen molar-refractivity contribution in [3.8, 4) is 5.69 Å². The van der Waals surface area contributed by atoms with Gasteiger partial charge in [0.2, 0.25) is 0 Å². The third-order valence-corrected chi connectivity index (χ3v) is 5.77. The zero-order valence-corrected chi connectivity index (χ0v) is 19.4. The molecule has 1 aromatic heterocycles. The molecule has 7 nitrogen and oxygen atoms in total. The zero-order chi connectivity index (χ0) is 24.6. The van der Waals surface area contributed by atoms with Crippen LogP contribution in [0.2, 0.25) is 0 Å². The van der Waals surface area contributed by atoms with Crippen molar-refractivity contribution in [1.82, 2.24) is 9.88 Å². The molecule has 1 N–H and O–H groups in total. The number of nitrogens with zero attached hydrogens (tertiary/aromatic N) is 2. The molecule has 0 unspecified atom stereocenters. The van der Waals surface area contributed by atoms with Gasteiger partial charge in [0, 0.05) is 11.4 Å². The van der Waals surface area contributed by atoms with Crippen LogP contribution in [0.3, 0.4) is 0 Å². The van der Waals surface area contributed by atoms with Gasteiger partial charge < -0.3 is 9.30 Å². The fourth-order valence-corrected chi connectivity index (χ4v) is 4.20. The van der Waals surface area contributed by atoms with Crippen LogP contribution in [0, 0.1) is 19.7 Å². The van der Waals surface area contributed by atoms with E-state index in [9.17, 15) is 18.8 Å². The number of ether oxygens (including phenoxy) is 1. The number of carbonyl (C=O) groups excluding carboxylic acids is 3. The topological polar surface area (TPSA) is 80.6 Å². The first-order chi connectivity index (χ1) is 16.2. The number of aromatic nitrogens is 1. The molecule has 3 aromatic rings. The molecule has 34 heavy (non-hydrogen) atoms. The summed E-state index contributed by atoms with van der Waals surface area (Å²) in [5.74, 6) is -2.34. The van der Waals surface area contributed by atoms with E-state index in [-0.39, 0.29) is 16.4 Å². The van der Waals surface area contributed by atoms with Gasteiger partial charge in [-0.2, -0.15) is 0 Å². The number of thiocarbonyl (C=S) groups is 1. The largest absolute Gasteiger partial charge is 0.465 e. The molecule has 1 aliphatic heterocycles. The fraction of sp³-hybridized carbons (Fsp3) is 0.120. The van der Waals surface area contributed by atoms with E-state index in [0.29, 0.717) is 22.5 Å². The number of benzene rings is 2. The molecule has 0 atom stereocenters. The summed E-state index contributed by atoms with van der Waals surface area (Å²) >= 11 is 5.16. The Morgan fingerprint density at radius 3 is 2.53 bits per heavy atom. The van der Waals surface area contributed by atoms with Gasteiger partial charge in [-0.15, -0.1) is 0 Å². The van der Waals surface area contributed by atoms with Crippen molar-refractivity contribution in [3.63, 3.8) is 0 Å². The molecule has 2 aromatic carbocycles. The van der Waals surface area contributed by atoms with Crippen molar-refractivity contribution in [2.75, 3.05) is 12.0 Å². The number of anilines is 1. The van der Waals surface area contributed by atoms with Crippen LogP contribution in [0.1, 0.15) is 27.3 Å². The number of amides is 2. The van der Waals surface area contributed by atoms with Crippen LogP contribution in [0.25, 0.3) is 11.8 Å². The van der Waals surface area contributed by atoms with Gasteiger partial charge >= 0.3 is 5.97 Å². The molecule has 1 fully saturated rings. The average molecular weight is 478 g/mol. The minimum Gasteiger partial charge on any atom is -0.465 e. The maximum atomic E-state index is 13.8. The summed E-state index contributed by atoms with van der Waals surface area (Å²) in [4.78, 5) is 39.3. The van der Waals surface area contributed by atoms with Crippen LogP contribution in [-0.4, -0.2) is 34.6 Å². The highest BCUT2D eigenvalue weighted by molar-refractivity contribution is 7.80. The Hall–Kier alpha value is -4.11. The minimum atomic E-state index is -0.667. The first-order valence-electron chi connectivity index (χ1n) is 10.3. The third kappa shape index (κ3) is 4.01. The molecular weight excluding hydrogens is 457 g/mol. The summed E-state index contributed by atoms with van der Waals surface area (Å²) in [7, 11) is 1.31. The molecule has 0 saturated carbocycles. The Labute approximate surface area is 200 Å². The molecule has 2 amide bonds. The van der Waals surface area contributed by atoms with Crippen LogP contribution >= 0.6 is 12.2 Å². The zero-order valence-electron chi connectivity index (χ0n) is 18.6. The molecule has 0 bridgehead atoms. The van der Waals surface area contributed by atoms with E-state index in [1.807, 2.05) is 18.4 Å². The second-order valence-electron chi connectivity index (χ2n) is 7.61. The van der Waals surface area contributed by atoms with Crippen LogP contribution in [0.5, 0.6) is 0 Å². The summed E-state index contributed by atoms with van der Waals surface area (Å²) in [5.41, 5.74) is 3.12. The van der Waals surface area contributed by atoms with Gasteiger partial charge in [-0.05, 0) is 74.1 Å². The summed E-state index contributed by atoms with van der Waals surface area (Å²) in [6.07, 6.45) is 1.46. The Balaban J connectivity index is 1.80. The molecule has 4 rings (SSSR count). The van der Waals surface area contributed by atoms with E-state index in [2.05, 4.69) is 5.32 Å². The van der Waals surface area contributed by atoms with Crippen LogP contribution < -0.4 is 10.2 Å². The Morgan fingerprint density at radius 2 is 1.82 bits per heavy atom. The van der Waals surface area contributed by atoms with Gasteiger partial charge in [0.05, 0.1) is 24.0 Å². The van der Waals surface area contributed by atoms with Crippen LogP contribution in [0.15, 0.2) is 60.2 Å². The monoisotopic (exact) mass is 477 g/mol. The second-order valence-corrected chi connectivity index (χ2v) is 8.00. The number of hydrogen-bond acceptors (Lipinski definition) is 5. The molecule has 0 aliphatic carbocycles. The molecule has 172 valence electrons. The van der Waals surface area contributed by atoms with Crippen LogP contribution in [-0.2, 0) is 14.3 Å². The van der Waals surface area contributed by atoms with E-state index in [4.69, 9.17) is 17.0 Å². The quantitative estimate of drug-likeness (QED) is 0.267. The van der Waals surface area contributed by atoms with Crippen molar-refractivity contribution in [3.05, 3.63) is 88.5 Å². The third-order valence-electron chi connectivity index (χ3n) is 5.49. The lowest BCUT2D eigenvalue weighted by Crippen LogP contribution is -2.54. The summed E-state index contributed by atoms with van der Waals surface area (Å²) in [6.45, 7) is 3.66.